The highest BCUT2D eigenvalue weighted by Gasteiger charge is 2.19. The van der Waals surface area contributed by atoms with Crippen molar-refractivity contribution in [2.75, 3.05) is 20.7 Å². The molecule has 9 heteroatoms. The van der Waals surface area contributed by atoms with Gasteiger partial charge in [-0.05, 0) is 6.42 Å². The predicted molar refractivity (Wildman–Crippen MR) is 58.9 cm³/mol. The van der Waals surface area contributed by atoms with E-state index in [9.17, 15) is 8.42 Å². The van der Waals surface area contributed by atoms with Gasteiger partial charge in [0.05, 0.1) is 6.61 Å². The Kier molecular flexibility index (Phi) is 4.44. The molecule has 16 heavy (non-hydrogen) atoms. The van der Waals surface area contributed by atoms with E-state index in [0.717, 1.165) is 22.3 Å². The minimum Gasteiger partial charge on any atom is -0.469 e. The molecular formula is C7H13N3O4S2. The van der Waals surface area contributed by atoms with Crippen LogP contribution in [0.4, 0.5) is 0 Å². The van der Waals surface area contributed by atoms with E-state index in [4.69, 9.17) is 4.74 Å². The molecule has 0 aromatic carbocycles. The van der Waals surface area contributed by atoms with E-state index in [1.165, 1.54) is 14.1 Å². The lowest BCUT2D eigenvalue weighted by Crippen LogP contribution is -2.27. The lowest BCUT2D eigenvalue weighted by Gasteiger charge is -2.08. The van der Waals surface area contributed by atoms with Gasteiger partial charge >= 0.3 is 16.3 Å². The van der Waals surface area contributed by atoms with Crippen LogP contribution in [-0.4, -0.2) is 42.8 Å². The molecule has 0 atom stereocenters. The highest BCUT2D eigenvalue weighted by Crippen LogP contribution is 2.20. The van der Waals surface area contributed by atoms with Gasteiger partial charge in [0.2, 0.25) is 0 Å². The first-order valence-electron chi connectivity index (χ1n) is 4.54. The Morgan fingerprint density at radius 3 is 2.69 bits per heavy atom. The summed E-state index contributed by atoms with van der Waals surface area (Å²) in [5, 5.41) is 0.297. The summed E-state index contributed by atoms with van der Waals surface area (Å²) >= 11 is 0.951. The molecule has 0 amide bonds. The van der Waals surface area contributed by atoms with Gasteiger partial charge in [-0.1, -0.05) is 6.92 Å². The molecule has 0 spiro atoms. The quantitative estimate of drug-likeness (QED) is 0.747. The van der Waals surface area contributed by atoms with Crippen LogP contribution in [0.2, 0.25) is 0 Å². The summed E-state index contributed by atoms with van der Waals surface area (Å²) in [6.45, 7) is 2.46. The second kappa shape index (κ2) is 5.41. The number of hydrogen-bond donors (Lipinski definition) is 0. The van der Waals surface area contributed by atoms with E-state index in [2.05, 4.69) is 13.5 Å². The molecule has 0 unspecified atom stereocenters. The monoisotopic (exact) mass is 267 g/mol. The summed E-state index contributed by atoms with van der Waals surface area (Å²) in [6.07, 6.45) is 0.839. The Morgan fingerprint density at radius 2 is 2.12 bits per heavy atom. The fourth-order valence-electron chi connectivity index (χ4n) is 0.648. The summed E-state index contributed by atoms with van der Waals surface area (Å²) in [5.41, 5.74) is 0. The van der Waals surface area contributed by atoms with Gasteiger partial charge < -0.3 is 8.92 Å². The van der Waals surface area contributed by atoms with Crippen LogP contribution >= 0.6 is 11.5 Å². The van der Waals surface area contributed by atoms with Crippen molar-refractivity contribution in [3.63, 3.8) is 0 Å². The van der Waals surface area contributed by atoms with Crippen molar-refractivity contribution in [1.82, 2.24) is 13.7 Å². The van der Waals surface area contributed by atoms with Crippen molar-refractivity contribution in [2.45, 2.75) is 13.3 Å². The Balaban J connectivity index is 2.65. The second-order valence-electron chi connectivity index (χ2n) is 3.01. The van der Waals surface area contributed by atoms with E-state index in [1.54, 1.807) is 0 Å². The predicted octanol–water partition coefficient (Wildman–Crippen LogP) is 0.512. The smallest absolute Gasteiger partial charge is 0.387 e. The highest BCUT2D eigenvalue weighted by molar-refractivity contribution is 7.84. The van der Waals surface area contributed by atoms with Crippen LogP contribution in [0.15, 0.2) is 0 Å². The van der Waals surface area contributed by atoms with E-state index in [0.29, 0.717) is 11.8 Å². The molecule has 0 aliphatic rings. The molecule has 1 rings (SSSR count). The summed E-state index contributed by atoms with van der Waals surface area (Å²) in [4.78, 5) is 3.77. The van der Waals surface area contributed by atoms with Gasteiger partial charge in [0.25, 0.3) is 5.19 Å². The normalized spacial score (nSPS) is 11.8. The first-order valence-corrected chi connectivity index (χ1v) is 6.68. The molecule has 0 aliphatic heterocycles. The Bertz CT molecular complexity index is 429. The zero-order valence-corrected chi connectivity index (χ0v) is 10.8. The van der Waals surface area contributed by atoms with Crippen LogP contribution in [0.3, 0.4) is 0 Å². The fourth-order valence-corrected chi connectivity index (χ4v) is 1.60. The van der Waals surface area contributed by atoms with Crippen molar-refractivity contribution in [2.24, 2.45) is 0 Å². The summed E-state index contributed by atoms with van der Waals surface area (Å²) < 4.78 is 37.1. The van der Waals surface area contributed by atoms with Crippen molar-refractivity contribution in [3.8, 4) is 11.2 Å². The molecular weight excluding hydrogens is 254 g/mol. The molecule has 0 aliphatic carbocycles. The molecule has 1 heterocycles. The molecule has 0 saturated heterocycles. The van der Waals surface area contributed by atoms with Crippen LogP contribution in [-0.2, 0) is 10.3 Å². The molecule has 1 aromatic rings. The first-order chi connectivity index (χ1) is 7.45. The van der Waals surface area contributed by atoms with Gasteiger partial charge in [-0.3, -0.25) is 0 Å². The maximum atomic E-state index is 11.3. The van der Waals surface area contributed by atoms with Crippen LogP contribution < -0.4 is 8.92 Å². The third-order valence-corrected chi connectivity index (χ3v) is 3.31. The van der Waals surface area contributed by atoms with Crippen molar-refractivity contribution < 1.29 is 17.3 Å². The molecule has 7 nitrogen and oxygen atoms in total. The van der Waals surface area contributed by atoms with Gasteiger partial charge in [-0.2, -0.15) is 12.7 Å². The number of rotatable bonds is 6. The standard InChI is InChI=1S/C7H13N3O4S2/c1-4-5-13-7-8-6(9-15-7)14-16(11,12)10(2)3/h4-5H2,1-3H3. The highest BCUT2D eigenvalue weighted by atomic mass is 32.2. The van der Waals surface area contributed by atoms with Crippen LogP contribution in [0.25, 0.3) is 0 Å². The zero-order valence-electron chi connectivity index (χ0n) is 9.21. The van der Waals surface area contributed by atoms with E-state index < -0.39 is 10.3 Å². The van der Waals surface area contributed by atoms with Crippen molar-refractivity contribution in [1.29, 1.82) is 0 Å². The second-order valence-corrected chi connectivity index (χ2v) is 5.48. The Morgan fingerprint density at radius 1 is 1.44 bits per heavy atom. The Labute approximate surface area is 98.4 Å². The maximum Gasteiger partial charge on any atom is 0.387 e. The summed E-state index contributed by atoms with van der Waals surface area (Å²) in [6, 6.07) is -0.218. The molecule has 1 aromatic heterocycles. The van der Waals surface area contributed by atoms with Crippen molar-refractivity contribution >= 4 is 21.8 Å². The minimum absolute atomic E-state index is 0.218. The van der Waals surface area contributed by atoms with Gasteiger partial charge in [0.1, 0.15) is 0 Å². The minimum atomic E-state index is -3.80. The van der Waals surface area contributed by atoms with Crippen molar-refractivity contribution in [3.05, 3.63) is 0 Å². The molecule has 0 fully saturated rings. The molecule has 0 saturated carbocycles. The number of nitrogens with zero attached hydrogens (tertiary/aromatic N) is 3. The largest absolute Gasteiger partial charge is 0.469 e. The average molecular weight is 267 g/mol. The van der Waals surface area contributed by atoms with E-state index in [1.807, 2.05) is 6.92 Å². The lowest BCUT2D eigenvalue weighted by atomic mass is 10.5. The molecule has 92 valence electrons. The number of hydrogen-bond acceptors (Lipinski definition) is 7. The van der Waals surface area contributed by atoms with Gasteiger partial charge in [0.15, 0.2) is 0 Å². The molecule has 0 N–H and O–H groups in total. The van der Waals surface area contributed by atoms with E-state index in [-0.39, 0.29) is 6.01 Å². The third kappa shape index (κ3) is 3.58. The SMILES string of the molecule is CCCOc1nc(OS(=O)(=O)N(C)C)ns1. The number of aromatic nitrogens is 2. The fraction of sp³-hybridized carbons (Fsp3) is 0.714. The van der Waals surface area contributed by atoms with Gasteiger partial charge in [-0.15, -0.1) is 9.36 Å². The summed E-state index contributed by atoms with van der Waals surface area (Å²) in [5.74, 6) is 0. The maximum absolute atomic E-state index is 11.3. The lowest BCUT2D eigenvalue weighted by molar-refractivity contribution is 0.313. The third-order valence-electron chi connectivity index (χ3n) is 1.45. The van der Waals surface area contributed by atoms with Crippen LogP contribution in [0, 0.1) is 0 Å². The summed E-state index contributed by atoms with van der Waals surface area (Å²) in [7, 11) is -1.08. The zero-order chi connectivity index (χ0) is 12.2. The van der Waals surface area contributed by atoms with Gasteiger partial charge in [-0.25, -0.2) is 0 Å². The molecule has 0 radical (unpaired) electrons. The van der Waals surface area contributed by atoms with Crippen LogP contribution in [0.1, 0.15) is 13.3 Å². The topological polar surface area (TPSA) is 81.6 Å². The molecule has 0 bridgehead atoms. The number of ether oxygens (including phenoxy) is 1. The average Bonchev–Trinajstić information content (AvgIpc) is 2.61. The first kappa shape index (κ1) is 13.1. The Hall–Kier alpha value is -0.930. The van der Waals surface area contributed by atoms with Crippen LogP contribution in [0.5, 0.6) is 11.2 Å². The van der Waals surface area contributed by atoms with Gasteiger partial charge in [0, 0.05) is 25.6 Å². The van der Waals surface area contributed by atoms with E-state index >= 15 is 0 Å².